The maximum atomic E-state index is 12.1. The zero-order valence-corrected chi connectivity index (χ0v) is 9.83. The van der Waals surface area contributed by atoms with E-state index in [1.54, 1.807) is 0 Å². The highest BCUT2D eigenvalue weighted by atomic mass is 16.3. The number of amides is 1. The molecule has 0 radical (unpaired) electrons. The highest BCUT2D eigenvalue weighted by Crippen LogP contribution is 2.70. The van der Waals surface area contributed by atoms with Gasteiger partial charge in [0.15, 0.2) is 5.78 Å². The van der Waals surface area contributed by atoms with Crippen LogP contribution < -0.4 is 11.3 Å². The highest BCUT2D eigenvalue weighted by Gasteiger charge is 2.77. The summed E-state index contributed by atoms with van der Waals surface area (Å²) < 4.78 is 0. The van der Waals surface area contributed by atoms with Crippen LogP contribution in [0, 0.1) is 16.2 Å². The molecule has 3 atom stereocenters. The van der Waals surface area contributed by atoms with Crippen LogP contribution >= 0.6 is 0 Å². The summed E-state index contributed by atoms with van der Waals surface area (Å²) in [5.74, 6) is 4.52. The van der Waals surface area contributed by atoms with Gasteiger partial charge in [-0.15, -0.1) is 0 Å². The Hall–Kier alpha value is -0.940. The number of fused-ring (bicyclic) bond motifs is 2. The molecule has 0 saturated heterocycles. The van der Waals surface area contributed by atoms with E-state index in [1.807, 2.05) is 20.8 Å². The number of nitrogens with two attached hydrogens (primary N) is 1. The Labute approximate surface area is 94.4 Å². The smallest absolute Gasteiger partial charge is 0.243 e. The van der Waals surface area contributed by atoms with Gasteiger partial charge >= 0.3 is 0 Å². The van der Waals surface area contributed by atoms with Gasteiger partial charge in [0.25, 0.3) is 0 Å². The SMILES string of the molecule is CC1(C)[C@]2(C(=O)NN)CC[C@]1(C)C(=O)[C@@H]2O. The van der Waals surface area contributed by atoms with Gasteiger partial charge in [-0.25, -0.2) is 5.84 Å². The van der Waals surface area contributed by atoms with Gasteiger partial charge in [0.1, 0.15) is 6.10 Å². The predicted octanol–water partition coefficient (Wildman–Crippen LogP) is -0.267. The lowest BCUT2D eigenvalue weighted by Gasteiger charge is -2.38. The first-order valence-electron chi connectivity index (χ1n) is 5.49. The van der Waals surface area contributed by atoms with Gasteiger partial charge in [0, 0.05) is 5.41 Å². The Bertz CT molecular complexity index is 379. The predicted molar refractivity (Wildman–Crippen MR) is 56.9 cm³/mol. The molecular weight excluding hydrogens is 208 g/mol. The summed E-state index contributed by atoms with van der Waals surface area (Å²) in [4.78, 5) is 24.0. The van der Waals surface area contributed by atoms with Crippen molar-refractivity contribution in [1.82, 2.24) is 5.43 Å². The molecular formula is C11H18N2O3. The van der Waals surface area contributed by atoms with Crippen LogP contribution in [0.15, 0.2) is 0 Å². The number of nitrogens with one attached hydrogen (secondary N) is 1. The van der Waals surface area contributed by atoms with Gasteiger partial charge in [-0.1, -0.05) is 20.8 Å². The molecule has 0 unspecified atom stereocenters. The monoisotopic (exact) mass is 226 g/mol. The fourth-order valence-electron chi connectivity index (χ4n) is 3.65. The van der Waals surface area contributed by atoms with E-state index in [9.17, 15) is 14.7 Å². The van der Waals surface area contributed by atoms with Crippen molar-refractivity contribution in [3.05, 3.63) is 0 Å². The van der Waals surface area contributed by atoms with E-state index in [4.69, 9.17) is 5.84 Å². The van der Waals surface area contributed by atoms with Gasteiger partial charge in [0.05, 0.1) is 5.41 Å². The third-order valence-electron chi connectivity index (χ3n) is 5.31. The first-order chi connectivity index (χ1) is 7.25. The number of hydrazine groups is 1. The van der Waals surface area contributed by atoms with Crippen molar-refractivity contribution in [2.24, 2.45) is 22.1 Å². The summed E-state index contributed by atoms with van der Waals surface area (Å²) >= 11 is 0. The molecule has 5 nitrogen and oxygen atoms in total. The number of aliphatic hydroxyl groups is 1. The van der Waals surface area contributed by atoms with Gasteiger partial charge < -0.3 is 5.11 Å². The van der Waals surface area contributed by atoms with Gasteiger partial charge in [0.2, 0.25) is 5.91 Å². The second-order valence-corrected chi connectivity index (χ2v) is 5.67. The number of aliphatic hydroxyl groups excluding tert-OH is 1. The van der Waals surface area contributed by atoms with E-state index >= 15 is 0 Å². The number of hydrogen-bond acceptors (Lipinski definition) is 4. The molecule has 0 aromatic carbocycles. The second kappa shape index (κ2) is 2.84. The molecule has 4 N–H and O–H groups in total. The summed E-state index contributed by atoms with van der Waals surface area (Å²) in [6.07, 6.45) is -0.0970. The maximum absolute atomic E-state index is 12.1. The first-order valence-corrected chi connectivity index (χ1v) is 5.49. The average molecular weight is 226 g/mol. The van der Waals surface area contributed by atoms with E-state index in [0.29, 0.717) is 12.8 Å². The molecule has 5 heteroatoms. The minimum Gasteiger partial charge on any atom is -0.384 e. The Balaban J connectivity index is 2.63. The lowest BCUT2D eigenvalue weighted by molar-refractivity contribution is -0.148. The zero-order valence-electron chi connectivity index (χ0n) is 9.83. The van der Waals surface area contributed by atoms with Crippen molar-refractivity contribution in [3.8, 4) is 0 Å². The lowest BCUT2D eigenvalue weighted by atomic mass is 9.64. The second-order valence-electron chi connectivity index (χ2n) is 5.67. The minimum atomic E-state index is -1.23. The normalized spacial score (nSPS) is 44.8. The molecule has 0 spiro atoms. The van der Waals surface area contributed by atoms with Crippen molar-refractivity contribution >= 4 is 11.7 Å². The van der Waals surface area contributed by atoms with Crippen LogP contribution in [-0.4, -0.2) is 22.9 Å². The maximum Gasteiger partial charge on any atom is 0.243 e. The molecule has 0 aromatic heterocycles. The number of Topliss-reactive ketones (excluding diaryl/α,β-unsaturated/α-hetero) is 1. The van der Waals surface area contributed by atoms with Crippen LogP contribution in [0.5, 0.6) is 0 Å². The van der Waals surface area contributed by atoms with Crippen molar-refractivity contribution in [3.63, 3.8) is 0 Å². The summed E-state index contributed by atoms with van der Waals surface area (Å²) in [5.41, 5.74) is -0.159. The third kappa shape index (κ3) is 0.822. The van der Waals surface area contributed by atoms with Crippen LogP contribution in [0.25, 0.3) is 0 Å². The molecule has 0 aromatic rings. The third-order valence-corrected chi connectivity index (χ3v) is 5.31. The van der Waals surface area contributed by atoms with Gasteiger partial charge in [-0.2, -0.15) is 0 Å². The molecule has 1 amide bonds. The van der Waals surface area contributed by atoms with E-state index in [1.165, 1.54) is 0 Å². The molecule has 2 aliphatic carbocycles. The molecule has 0 heterocycles. The number of hydrogen-bond donors (Lipinski definition) is 3. The number of rotatable bonds is 1. The molecule has 90 valence electrons. The molecule has 2 rings (SSSR count). The summed E-state index contributed by atoms with van der Waals surface area (Å²) in [6, 6.07) is 0. The minimum absolute atomic E-state index is 0.229. The molecule has 2 fully saturated rings. The number of ketones is 1. The fourth-order valence-corrected chi connectivity index (χ4v) is 3.65. The average Bonchev–Trinajstić information content (AvgIpc) is 2.51. The van der Waals surface area contributed by atoms with Crippen LogP contribution in [0.3, 0.4) is 0 Å². The van der Waals surface area contributed by atoms with Crippen molar-refractivity contribution < 1.29 is 14.7 Å². The van der Waals surface area contributed by atoms with Crippen molar-refractivity contribution in [2.75, 3.05) is 0 Å². The number of carbonyl (C=O) groups is 2. The largest absolute Gasteiger partial charge is 0.384 e. The van der Waals surface area contributed by atoms with Crippen LogP contribution in [-0.2, 0) is 9.59 Å². The summed E-state index contributed by atoms with van der Waals surface area (Å²) in [6.45, 7) is 5.56. The van der Waals surface area contributed by atoms with E-state index in [0.717, 1.165) is 0 Å². The molecule has 2 bridgehead atoms. The molecule has 2 aliphatic rings. The Kier molecular flexibility index (Phi) is 2.05. The summed E-state index contributed by atoms with van der Waals surface area (Å²) in [5, 5.41) is 10.1. The quantitative estimate of drug-likeness (QED) is 0.326. The zero-order chi connectivity index (χ0) is 12.4. The highest BCUT2D eigenvalue weighted by molar-refractivity contribution is 6.02. The van der Waals surface area contributed by atoms with Gasteiger partial charge in [-0.05, 0) is 18.3 Å². The Morgan fingerprint density at radius 1 is 1.44 bits per heavy atom. The van der Waals surface area contributed by atoms with Crippen LogP contribution in [0.4, 0.5) is 0 Å². The Morgan fingerprint density at radius 2 is 2.00 bits per heavy atom. The summed E-state index contributed by atoms with van der Waals surface area (Å²) in [7, 11) is 0. The van der Waals surface area contributed by atoms with E-state index in [2.05, 4.69) is 5.43 Å². The molecule has 0 aliphatic heterocycles. The van der Waals surface area contributed by atoms with Crippen molar-refractivity contribution in [2.45, 2.75) is 39.7 Å². The van der Waals surface area contributed by atoms with E-state index < -0.39 is 28.3 Å². The number of carbonyl (C=O) groups excluding carboxylic acids is 2. The first kappa shape index (κ1) is 11.5. The van der Waals surface area contributed by atoms with E-state index in [-0.39, 0.29) is 5.78 Å². The fraction of sp³-hybridized carbons (Fsp3) is 0.818. The standard InChI is InChI=1S/C11H18N2O3/c1-9(2)10(3)4-5-11(9,8(16)13-12)7(15)6(10)14/h7,15H,4-5,12H2,1-3H3,(H,13,16)/t7-,10+,11+/m0/s1. The van der Waals surface area contributed by atoms with Crippen LogP contribution in [0.2, 0.25) is 0 Å². The lowest BCUT2D eigenvalue weighted by Crippen LogP contribution is -2.54. The van der Waals surface area contributed by atoms with Crippen LogP contribution in [0.1, 0.15) is 33.6 Å². The Morgan fingerprint density at radius 3 is 2.38 bits per heavy atom. The van der Waals surface area contributed by atoms with Crippen molar-refractivity contribution in [1.29, 1.82) is 0 Å². The topological polar surface area (TPSA) is 92.4 Å². The molecule has 2 saturated carbocycles. The molecule has 16 heavy (non-hydrogen) atoms. The van der Waals surface area contributed by atoms with Gasteiger partial charge in [-0.3, -0.25) is 15.0 Å².